The van der Waals surface area contributed by atoms with E-state index < -0.39 is 4.92 Å². The zero-order chi connectivity index (χ0) is 23.9. The fraction of sp³-hybridized carbons (Fsp3) is 0.148. The highest BCUT2D eigenvalue weighted by atomic mass is 16.6. The summed E-state index contributed by atoms with van der Waals surface area (Å²) in [5.74, 6) is 1.12. The summed E-state index contributed by atoms with van der Waals surface area (Å²) in [6.45, 7) is 2.50. The molecule has 0 radical (unpaired) electrons. The van der Waals surface area contributed by atoms with Crippen LogP contribution in [-0.4, -0.2) is 23.6 Å². The third-order valence-electron chi connectivity index (χ3n) is 5.15. The van der Waals surface area contributed by atoms with E-state index in [9.17, 15) is 10.1 Å². The molecule has 34 heavy (non-hydrogen) atoms. The van der Waals surface area contributed by atoms with Gasteiger partial charge in [0.05, 0.1) is 24.3 Å². The van der Waals surface area contributed by atoms with Crippen molar-refractivity contribution in [2.45, 2.75) is 13.5 Å². The largest absolute Gasteiger partial charge is 0.493 e. The number of hydrogen-bond donors (Lipinski definition) is 0. The monoisotopic (exact) mass is 456 g/mol. The third kappa shape index (κ3) is 5.15. The molecule has 4 aromatic rings. The van der Waals surface area contributed by atoms with Crippen LogP contribution in [0.2, 0.25) is 0 Å². The SMILES string of the molecule is CCOc1c(OC)cc(/C=C/c2ccc3cccc(OCc4ccccc4)c3n2)cc1[N+](=O)[O-]. The Kier molecular flexibility index (Phi) is 7.03. The molecule has 0 atom stereocenters. The van der Waals surface area contributed by atoms with E-state index in [1.54, 1.807) is 25.1 Å². The number of pyridine rings is 1. The van der Waals surface area contributed by atoms with Gasteiger partial charge in [-0.3, -0.25) is 10.1 Å². The number of aromatic nitrogens is 1. The van der Waals surface area contributed by atoms with Crippen molar-refractivity contribution in [2.24, 2.45) is 0 Å². The van der Waals surface area contributed by atoms with Gasteiger partial charge in [0, 0.05) is 11.5 Å². The standard InChI is InChI=1S/C27H24N2O5/c1-3-33-27-23(29(30)31)16-20(17-25(27)32-2)12-14-22-15-13-21-10-7-11-24(26(21)28-22)34-18-19-8-5-4-6-9-19/h4-17H,3,18H2,1-2H3/b14-12+. The van der Waals surface area contributed by atoms with E-state index >= 15 is 0 Å². The molecule has 3 aromatic carbocycles. The number of rotatable bonds is 9. The summed E-state index contributed by atoms with van der Waals surface area (Å²) in [5, 5.41) is 12.5. The summed E-state index contributed by atoms with van der Waals surface area (Å²) >= 11 is 0. The lowest BCUT2D eigenvalue weighted by Gasteiger charge is -2.10. The summed E-state index contributed by atoms with van der Waals surface area (Å²) < 4.78 is 16.8. The molecule has 0 aliphatic carbocycles. The molecule has 0 N–H and O–H groups in total. The Morgan fingerprint density at radius 3 is 2.50 bits per heavy atom. The minimum atomic E-state index is -0.477. The van der Waals surface area contributed by atoms with Gasteiger partial charge in [0.15, 0.2) is 5.75 Å². The predicted molar refractivity (Wildman–Crippen MR) is 132 cm³/mol. The average molecular weight is 456 g/mol. The molecule has 7 heteroatoms. The van der Waals surface area contributed by atoms with Crippen molar-refractivity contribution in [3.63, 3.8) is 0 Å². The van der Waals surface area contributed by atoms with Gasteiger partial charge < -0.3 is 14.2 Å². The number of ether oxygens (including phenoxy) is 3. The molecule has 0 saturated carbocycles. The normalized spacial score (nSPS) is 11.0. The predicted octanol–water partition coefficient (Wildman–Crippen LogP) is 6.30. The molecular weight excluding hydrogens is 432 g/mol. The molecule has 0 fully saturated rings. The Morgan fingerprint density at radius 2 is 1.76 bits per heavy atom. The maximum atomic E-state index is 11.6. The van der Waals surface area contributed by atoms with E-state index in [2.05, 4.69) is 0 Å². The van der Waals surface area contributed by atoms with Crippen LogP contribution in [-0.2, 0) is 6.61 Å². The third-order valence-corrected chi connectivity index (χ3v) is 5.15. The number of nitro groups is 1. The Labute approximate surface area is 197 Å². The van der Waals surface area contributed by atoms with E-state index in [0.29, 0.717) is 36.0 Å². The molecule has 0 amide bonds. The van der Waals surface area contributed by atoms with Crippen molar-refractivity contribution < 1.29 is 19.1 Å². The van der Waals surface area contributed by atoms with Crippen LogP contribution < -0.4 is 14.2 Å². The highest BCUT2D eigenvalue weighted by Gasteiger charge is 2.21. The van der Waals surface area contributed by atoms with Gasteiger partial charge >= 0.3 is 5.69 Å². The Morgan fingerprint density at radius 1 is 0.941 bits per heavy atom. The fourth-order valence-electron chi connectivity index (χ4n) is 3.54. The number of fused-ring (bicyclic) bond motifs is 1. The van der Waals surface area contributed by atoms with Crippen molar-refractivity contribution in [1.82, 2.24) is 4.98 Å². The Balaban J connectivity index is 1.63. The molecule has 0 unspecified atom stereocenters. The van der Waals surface area contributed by atoms with Crippen LogP contribution in [0.4, 0.5) is 5.69 Å². The maximum absolute atomic E-state index is 11.6. The molecule has 1 aromatic heterocycles. The van der Waals surface area contributed by atoms with Gasteiger partial charge in [-0.15, -0.1) is 0 Å². The number of nitrogens with zero attached hydrogens (tertiary/aromatic N) is 2. The quantitative estimate of drug-likeness (QED) is 0.217. The summed E-state index contributed by atoms with van der Waals surface area (Å²) in [4.78, 5) is 15.8. The van der Waals surface area contributed by atoms with Crippen molar-refractivity contribution >= 4 is 28.7 Å². The molecule has 0 aliphatic heterocycles. The number of hydrogen-bond acceptors (Lipinski definition) is 6. The van der Waals surface area contributed by atoms with Gasteiger partial charge in [0.1, 0.15) is 17.9 Å². The lowest BCUT2D eigenvalue weighted by molar-refractivity contribution is -0.385. The first-order valence-electron chi connectivity index (χ1n) is 10.8. The minimum Gasteiger partial charge on any atom is -0.493 e. The van der Waals surface area contributed by atoms with Crippen LogP contribution in [0, 0.1) is 10.1 Å². The Bertz CT molecular complexity index is 1340. The van der Waals surface area contributed by atoms with Gasteiger partial charge in [-0.2, -0.15) is 0 Å². The first-order valence-corrected chi connectivity index (χ1v) is 10.8. The average Bonchev–Trinajstić information content (AvgIpc) is 2.87. The van der Waals surface area contributed by atoms with Crippen molar-refractivity contribution in [3.8, 4) is 17.2 Å². The number of benzene rings is 3. The molecule has 1 heterocycles. The smallest absolute Gasteiger partial charge is 0.315 e. The first kappa shape index (κ1) is 22.8. The zero-order valence-electron chi connectivity index (χ0n) is 18.9. The molecule has 7 nitrogen and oxygen atoms in total. The van der Waals surface area contributed by atoms with E-state index in [1.807, 2.05) is 60.7 Å². The van der Waals surface area contributed by atoms with Crippen molar-refractivity contribution in [2.75, 3.05) is 13.7 Å². The van der Waals surface area contributed by atoms with E-state index in [0.717, 1.165) is 16.5 Å². The lowest BCUT2D eigenvalue weighted by atomic mass is 10.1. The summed E-state index contributed by atoms with van der Waals surface area (Å²) in [6, 6.07) is 22.8. The van der Waals surface area contributed by atoms with Crippen molar-refractivity contribution in [3.05, 3.63) is 99.7 Å². The number of nitro benzene ring substituents is 1. The summed E-state index contributed by atoms with van der Waals surface area (Å²) in [7, 11) is 1.46. The molecule has 4 rings (SSSR count). The van der Waals surface area contributed by atoms with E-state index in [1.165, 1.54) is 13.2 Å². The highest BCUT2D eigenvalue weighted by molar-refractivity contribution is 5.86. The van der Waals surface area contributed by atoms with Crippen LogP contribution in [0.25, 0.3) is 23.1 Å². The number of para-hydroxylation sites is 1. The highest BCUT2D eigenvalue weighted by Crippen LogP contribution is 2.38. The molecular formula is C27H24N2O5. The van der Waals surface area contributed by atoms with Gasteiger partial charge in [-0.05, 0) is 42.3 Å². The van der Waals surface area contributed by atoms with Crippen LogP contribution in [0.5, 0.6) is 17.2 Å². The molecule has 0 saturated heterocycles. The second kappa shape index (κ2) is 10.5. The molecule has 0 bridgehead atoms. The first-order chi connectivity index (χ1) is 16.6. The zero-order valence-corrected chi connectivity index (χ0v) is 18.9. The van der Waals surface area contributed by atoms with Gasteiger partial charge in [0.2, 0.25) is 5.75 Å². The van der Waals surface area contributed by atoms with E-state index in [4.69, 9.17) is 19.2 Å². The van der Waals surface area contributed by atoms with Gasteiger partial charge in [0.25, 0.3) is 0 Å². The second-order valence-corrected chi connectivity index (χ2v) is 7.43. The van der Waals surface area contributed by atoms with Crippen LogP contribution in [0.3, 0.4) is 0 Å². The fourth-order valence-corrected chi connectivity index (χ4v) is 3.54. The van der Waals surface area contributed by atoms with Crippen molar-refractivity contribution in [1.29, 1.82) is 0 Å². The second-order valence-electron chi connectivity index (χ2n) is 7.43. The minimum absolute atomic E-state index is 0.121. The van der Waals surface area contributed by atoms with Crippen LogP contribution in [0.15, 0.2) is 72.8 Å². The molecule has 0 aliphatic rings. The van der Waals surface area contributed by atoms with E-state index in [-0.39, 0.29) is 11.4 Å². The summed E-state index contributed by atoms with van der Waals surface area (Å²) in [5.41, 5.74) is 2.96. The lowest BCUT2D eigenvalue weighted by Crippen LogP contribution is -2.01. The van der Waals surface area contributed by atoms with Gasteiger partial charge in [-0.25, -0.2) is 4.98 Å². The maximum Gasteiger partial charge on any atom is 0.315 e. The molecule has 172 valence electrons. The number of methoxy groups -OCH3 is 1. The van der Waals surface area contributed by atoms with Crippen LogP contribution in [0.1, 0.15) is 23.7 Å². The topological polar surface area (TPSA) is 83.7 Å². The molecule has 0 spiro atoms. The van der Waals surface area contributed by atoms with Crippen LogP contribution >= 0.6 is 0 Å². The summed E-state index contributed by atoms with van der Waals surface area (Å²) in [6.07, 6.45) is 3.55. The Hall–Kier alpha value is -4.39. The van der Waals surface area contributed by atoms with Gasteiger partial charge in [-0.1, -0.05) is 54.6 Å².